The Balaban J connectivity index is 2.21. The van der Waals surface area contributed by atoms with Gasteiger partial charge < -0.3 is 21.3 Å². The molecule has 1 aromatic carbocycles. The number of nitrogens with zero attached hydrogens (tertiary/aromatic N) is 1. The second kappa shape index (κ2) is 6.35. The van der Waals surface area contributed by atoms with Gasteiger partial charge in [0.15, 0.2) is 0 Å². The number of anilines is 3. The third kappa shape index (κ3) is 3.88. The maximum atomic E-state index is 11.4. The first-order valence-corrected chi connectivity index (χ1v) is 7.50. The zero-order valence-corrected chi connectivity index (χ0v) is 13.4. The molecule has 1 heterocycles. The minimum absolute atomic E-state index is 0.0651. The SMILES string of the molecule is CC(C)C(CN(C)C)Nc1cc2c(cc1N)NC(=O)CC2. The minimum Gasteiger partial charge on any atom is -0.397 e. The fraction of sp³-hybridized carbons (Fsp3) is 0.562. The van der Waals surface area contributed by atoms with Crippen LogP contribution < -0.4 is 16.4 Å². The molecular weight excluding hydrogens is 264 g/mol. The topological polar surface area (TPSA) is 70.4 Å². The van der Waals surface area contributed by atoms with Crippen LogP contribution in [0.2, 0.25) is 0 Å². The standard InChI is InChI=1S/C16H26N4O/c1-10(2)15(9-20(3)4)18-14-7-11-5-6-16(21)19-13(11)8-12(14)17/h7-8,10,15,18H,5-6,9,17H2,1-4H3,(H,19,21). The van der Waals surface area contributed by atoms with E-state index in [1.165, 1.54) is 0 Å². The third-order valence-electron chi connectivity index (χ3n) is 3.88. The van der Waals surface area contributed by atoms with E-state index < -0.39 is 0 Å². The second-order valence-electron chi connectivity index (χ2n) is 6.40. The quantitative estimate of drug-likeness (QED) is 0.727. The molecule has 116 valence electrons. The van der Waals surface area contributed by atoms with Gasteiger partial charge in [-0.15, -0.1) is 0 Å². The summed E-state index contributed by atoms with van der Waals surface area (Å²) in [6, 6.07) is 4.27. The van der Waals surface area contributed by atoms with E-state index in [4.69, 9.17) is 5.73 Å². The van der Waals surface area contributed by atoms with Gasteiger partial charge in [-0.3, -0.25) is 4.79 Å². The number of carbonyl (C=O) groups excluding carboxylic acids is 1. The largest absolute Gasteiger partial charge is 0.397 e. The number of nitrogens with two attached hydrogens (primary N) is 1. The van der Waals surface area contributed by atoms with Crippen LogP contribution in [0.25, 0.3) is 0 Å². The Morgan fingerprint density at radius 3 is 2.67 bits per heavy atom. The lowest BCUT2D eigenvalue weighted by Crippen LogP contribution is -2.36. The summed E-state index contributed by atoms with van der Waals surface area (Å²) in [6.45, 7) is 5.36. The molecule has 5 nitrogen and oxygen atoms in total. The van der Waals surface area contributed by atoms with E-state index in [-0.39, 0.29) is 5.91 Å². The first-order chi connectivity index (χ1) is 9.86. The summed E-state index contributed by atoms with van der Waals surface area (Å²) in [5.41, 5.74) is 9.79. The second-order valence-corrected chi connectivity index (χ2v) is 6.40. The van der Waals surface area contributed by atoms with E-state index >= 15 is 0 Å². The number of rotatable bonds is 5. The number of carbonyl (C=O) groups is 1. The van der Waals surface area contributed by atoms with Crippen LogP contribution in [0.5, 0.6) is 0 Å². The number of aryl methyl sites for hydroxylation is 1. The molecule has 0 fully saturated rings. The van der Waals surface area contributed by atoms with Crippen molar-refractivity contribution in [2.24, 2.45) is 5.92 Å². The predicted molar refractivity (Wildman–Crippen MR) is 88.6 cm³/mol. The van der Waals surface area contributed by atoms with Gasteiger partial charge in [-0.1, -0.05) is 13.8 Å². The lowest BCUT2D eigenvalue weighted by molar-refractivity contribution is -0.116. The van der Waals surface area contributed by atoms with Crippen molar-refractivity contribution in [2.75, 3.05) is 37.0 Å². The number of amides is 1. The molecule has 1 atom stereocenters. The lowest BCUT2D eigenvalue weighted by Gasteiger charge is -2.28. The van der Waals surface area contributed by atoms with Crippen molar-refractivity contribution in [3.63, 3.8) is 0 Å². The number of benzene rings is 1. The van der Waals surface area contributed by atoms with Gasteiger partial charge in [-0.05, 0) is 44.1 Å². The summed E-state index contributed by atoms with van der Waals surface area (Å²) in [5.74, 6) is 0.567. The highest BCUT2D eigenvalue weighted by atomic mass is 16.1. The first kappa shape index (κ1) is 15.6. The van der Waals surface area contributed by atoms with Gasteiger partial charge in [0.05, 0.1) is 11.4 Å². The van der Waals surface area contributed by atoms with E-state index in [1.54, 1.807) is 0 Å². The monoisotopic (exact) mass is 290 g/mol. The molecule has 1 aliphatic rings. The number of nitrogen functional groups attached to an aromatic ring is 1. The van der Waals surface area contributed by atoms with Crippen LogP contribution >= 0.6 is 0 Å². The van der Waals surface area contributed by atoms with Crippen molar-refractivity contribution in [2.45, 2.75) is 32.7 Å². The summed E-state index contributed by atoms with van der Waals surface area (Å²) in [7, 11) is 4.14. The molecule has 1 aromatic rings. The molecule has 0 aromatic heterocycles. The Kier molecular flexibility index (Phi) is 4.73. The molecule has 0 spiro atoms. The molecule has 1 aliphatic heterocycles. The van der Waals surface area contributed by atoms with E-state index in [0.717, 1.165) is 29.9 Å². The normalized spacial score (nSPS) is 15.8. The molecule has 0 saturated carbocycles. The van der Waals surface area contributed by atoms with Crippen molar-refractivity contribution in [1.82, 2.24) is 4.90 Å². The molecule has 21 heavy (non-hydrogen) atoms. The Bertz CT molecular complexity index is 525. The van der Waals surface area contributed by atoms with Gasteiger partial charge in [0, 0.05) is 24.7 Å². The van der Waals surface area contributed by atoms with Crippen molar-refractivity contribution < 1.29 is 4.79 Å². The van der Waals surface area contributed by atoms with Crippen LogP contribution in [-0.4, -0.2) is 37.5 Å². The van der Waals surface area contributed by atoms with Gasteiger partial charge in [-0.2, -0.15) is 0 Å². The van der Waals surface area contributed by atoms with E-state index in [0.29, 0.717) is 24.1 Å². The van der Waals surface area contributed by atoms with Crippen LogP contribution in [-0.2, 0) is 11.2 Å². The zero-order valence-electron chi connectivity index (χ0n) is 13.4. The van der Waals surface area contributed by atoms with E-state index in [1.807, 2.05) is 6.07 Å². The highest BCUT2D eigenvalue weighted by Gasteiger charge is 2.19. The predicted octanol–water partition coefficient (Wildman–Crippen LogP) is 2.15. The molecule has 1 amide bonds. The summed E-state index contributed by atoms with van der Waals surface area (Å²) >= 11 is 0. The fourth-order valence-corrected chi connectivity index (χ4v) is 2.59. The maximum Gasteiger partial charge on any atom is 0.224 e. The summed E-state index contributed by atoms with van der Waals surface area (Å²) in [6.07, 6.45) is 1.32. The number of hydrogen-bond acceptors (Lipinski definition) is 4. The number of fused-ring (bicyclic) bond motifs is 1. The maximum absolute atomic E-state index is 11.4. The highest BCUT2D eigenvalue weighted by Crippen LogP contribution is 2.31. The van der Waals surface area contributed by atoms with Crippen molar-refractivity contribution in [1.29, 1.82) is 0 Å². The van der Waals surface area contributed by atoms with Gasteiger partial charge in [0.25, 0.3) is 0 Å². The van der Waals surface area contributed by atoms with Crippen LogP contribution in [0.15, 0.2) is 12.1 Å². The van der Waals surface area contributed by atoms with Gasteiger partial charge in [-0.25, -0.2) is 0 Å². The molecule has 1 unspecified atom stereocenters. The van der Waals surface area contributed by atoms with Crippen LogP contribution in [0.1, 0.15) is 25.8 Å². The van der Waals surface area contributed by atoms with Crippen LogP contribution in [0, 0.1) is 5.92 Å². The number of nitrogens with one attached hydrogen (secondary N) is 2. The summed E-state index contributed by atoms with van der Waals surface area (Å²) < 4.78 is 0. The molecule has 0 saturated heterocycles. The van der Waals surface area contributed by atoms with Gasteiger partial charge >= 0.3 is 0 Å². The molecule has 4 N–H and O–H groups in total. The highest BCUT2D eigenvalue weighted by molar-refractivity contribution is 5.95. The summed E-state index contributed by atoms with van der Waals surface area (Å²) in [5, 5.41) is 6.44. The third-order valence-corrected chi connectivity index (χ3v) is 3.88. The molecular formula is C16H26N4O. The Morgan fingerprint density at radius 1 is 1.33 bits per heavy atom. The molecule has 5 heteroatoms. The van der Waals surface area contributed by atoms with Crippen molar-refractivity contribution >= 4 is 23.0 Å². The molecule has 2 rings (SSSR count). The van der Waals surface area contributed by atoms with E-state index in [2.05, 4.69) is 49.5 Å². The van der Waals surface area contributed by atoms with Crippen molar-refractivity contribution in [3.05, 3.63) is 17.7 Å². The fourth-order valence-electron chi connectivity index (χ4n) is 2.59. The van der Waals surface area contributed by atoms with Crippen LogP contribution in [0.3, 0.4) is 0 Å². The Labute approximate surface area is 126 Å². The average Bonchev–Trinajstić information content (AvgIpc) is 2.38. The Morgan fingerprint density at radius 2 is 2.05 bits per heavy atom. The zero-order chi connectivity index (χ0) is 15.6. The molecule has 0 aliphatic carbocycles. The number of likely N-dealkylation sites (N-methyl/N-ethyl adjacent to an activating group) is 1. The average molecular weight is 290 g/mol. The smallest absolute Gasteiger partial charge is 0.224 e. The molecule has 0 bridgehead atoms. The minimum atomic E-state index is 0.0651. The lowest BCUT2D eigenvalue weighted by atomic mass is 9.99. The summed E-state index contributed by atoms with van der Waals surface area (Å²) in [4.78, 5) is 13.6. The first-order valence-electron chi connectivity index (χ1n) is 7.50. The Hall–Kier alpha value is -1.75. The van der Waals surface area contributed by atoms with Crippen molar-refractivity contribution in [3.8, 4) is 0 Å². The van der Waals surface area contributed by atoms with E-state index in [9.17, 15) is 4.79 Å². The van der Waals surface area contributed by atoms with Gasteiger partial charge in [0.1, 0.15) is 0 Å². The van der Waals surface area contributed by atoms with Gasteiger partial charge in [0.2, 0.25) is 5.91 Å². The van der Waals surface area contributed by atoms with Crippen LogP contribution in [0.4, 0.5) is 17.1 Å². The molecule has 0 radical (unpaired) electrons. The number of hydrogen-bond donors (Lipinski definition) is 3.